The van der Waals surface area contributed by atoms with Gasteiger partial charge >= 0.3 is 12.1 Å². The van der Waals surface area contributed by atoms with Crippen molar-refractivity contribution >= 4 is 29.3 Å². The lowest BCUT2D eigenvalue weighted by molar-refractivity contribution is -0.146. The highest BCUT2D eigenvalue weighted by Crippen LogP contribution is 2.36. The van der Waals surface area contributed by atoms with Crippen LogP contribution < -0.4 is 15.0 Å². The third-order valence-corrected chi connectivity index (χ3v) is 3.90. The van der Waals surface area contributed by atoms with Gasteiger partial charge in [0.25, 0.3) is 5.91 Å². The highest BCUT2D eigenvalue weighted by atomic mass is 16.6. The van der Waals surface area contributed by atoms with E-state index in [0.29, 0.717) is 36.6 Å². The van der Waals surface area contributed by atoms with Crippen molar-refractivity contribution in [2.45, 2.75) is 59.1 Å². The van der Waals surface area contributed by atoms with E-state index in [9.17, 15) is 14.4 Å². The first-order valence-corrected chi connectivity index (χ1v) is 9.41. The van der Waals surface area contributed by atoms with Gasteiger partial charge in [-0.05, 0) is 51.8 Å². The Morgan fingerprint density at radius 1 is 1.29 bits per heavy atom. The zero-order valence-electron chi connectivity index (χ0n) is 17.0. The van der Waals surface area contributed by atoms with Crippen LogP contribution in [-0.2, 0) is 19.1 Å². The largest absolute Gasteiger partial charge is 0.482 e. The molecule has 1 aliphatic heterocycles. The van der Waals surface area contributed by atoms with E-state index in [1.54, 1.807) is 39.0 Å². The molecule has 8 nitrogen and oxygen atoms in total. The quantitative estimate of drug-likeness (QED) is 0.745. The standard InChI is InChI=1S/C20H28N2O6/c1-6-10-26-18(24)14(7-2)22-15-11-13(21-19(25)28-20(3,4)5)8-9-16(15)27-12-17(22)23/h8-9,11,14H,6-7,10,12H2,1-5H3,(H,21,25). The van der Waals surface area contributed by atoms with Crippen LogP contribution in [0, 0.1) is 0 Å². The Labute approximate surface area is 165 Å². The maximum absolute atomic E-state index is 12.5. The first-order valence-electron chi connectivity index (χ1n) is 9.41. The highest BCUT2D eigenvalue weighted by Gasteiger charge is 2.36. The predicted molar refractivity (Wildman–Crippen MR) is 105 cm³/mol. The van der Waals surface area contributed by atoms with Crippen LogP contribution in [0.4, 0.5) is 16.2 Å². The minimum absolute atomic E-state index is 0.163. The van der Waals surface area contributed by atoms with Gasteiger partial charge in [0.2, 0.25) is 0 Å². The topological polar surface area (TPSA) is 94.2 Å². The van der Waals surface area contributed by atoms with Crippen molar-refractivity contribution < 1.29 is 28.6 Å². The Balaban J connectivity index is 2.30. The van der Waals surface area contributed by atoms with Crippen LogP contribution in [-0.4, -0.2) is 42.8 Å². The number of hydrogen-bond donors (Lipinski definition) is 1. The summed E-state index contributed by atoms with van der Waals surface area (Å²) < 4.78 is 16.0. The van der Waals surface area contributed by atoms with Gasteiger partial charge in [-0.1, -0.05) is 13.8 Å². The van der Waals surface area contributed by atoms with Crippen LogP contribution in [0.2, 0.25) is 0 Å². The lowest BCUT2D eigenvalue weighted by atomic mass is 10.1. The van der Waals surface area contributed by atoms with E-state index in [1.165, 1.54) is 4.90 Å². The Morgan fingerprint density at radius 3 is 2.61 bits per heavy atom. The molecule has 1 heterocycles. The molecule has 1 unspecified atom stereocenters. The molecule has 28 heavy (non-hydrogen) atoms. The van der Waals surface area contributed by atoms with Crippen molar-refractivity contribution in [3.05, 3.63) is 18.2 Å². The van der Waals surface area contributed by atoms with Crippen molar-refractivity contribution in [2.24, 2.45) is 0 Å². The number of benzene rings is 1. The molecular weight excluding hydrogens is 364 g/mol. The third-order valence-electron chi connectivity index (χ3n) is 3.90. The fourth-order valence-corrected chi connectivity index (χ4v) is 2.77. The van der Waals surface area contributed by atoms with E-state index in [0.717, 1.165) is 0 Å². The molecule has 154 valence electrons. The maximum atomic E-state index is 12.5. The fraction of sp³-hybridized carbons (Fsp3) is 0.550. The Hall–Kier alpha value is -2.77. The lowest BCUT2D eigenvalue weighted by Crippen LogP contribution is -2.49. The smallest absolute Gasteiger partial charge is 0.412 e. The summed E-state index contributed by atoms with van der Waals surface area (Å²) in [6.45, 7) is 9.13. The molecule has 1 aromatic carbocycles. The molecule has 0 spiro atoms. The number of esters is 1. The van der Waals surface area contributed by atoms with Crippen LogP contribution in [0.25, 0.3) is 0 Å². The molecule has 2 amide bonds. The number of amides is 2. The molecule has 8 heteroatoms. The van der Waals surface area contributed by atoms with Crippen LogP contribution in [0.15, 0.2) is 18.2 Å². The van der Waals surface area contributed by atoms with E-state index in [1.807, 2.05) is 13.8 Å². The van der Waals surface area contributed by atoms with Crippen molar-refractivity contribution in [1.82, 2.24) is 0 Å². The highest BCUT2D eigenvalue weighted by molar-refractivity contribution is 6.03. The summed E-state index contributed by atoms with van der Waals surface area (Å²) in [7, 11) is 0. The second-order valence-corrected chi connectivity index (χ2v) is 7.45. The van der Waals surface area contributed by atoms with E-state index in [4.69, 9.17) is 14.2 Å². The van der Waals surface area contributed by atoms with Crippen molar-refractivity contribution in [2.75, 3.05) is 23.4 Å². The summed E-state index contributed by atoms with van der Waals surface area (Å²) in [5.74, 6) is -0.352. The molecule has 1 N–H and O–H groups in total. The molecule has 0 aliphatic carbocycles. The molecule has 2 rings (SSSR count). The molecule has 0 radical (unpaired) electrons. The van der Waals surface area contributed by atoms with Gasteiger partial charge < -0.3 is 14.2 Å². The second kappa shape index (κ2) is 8.95. The Morgan fingerprint density at radius 2 is 2.00 bits per heavy atom. The number of anilines is 2. The predicted octanol–water partition coefficient (Wildman–Crippen LogP) is 3.49. The number of nitrogens with one attached hydrogen (secondary N) is 1. The number of rotatable bonds is 6. The van der Waals surface area contributed by atoms with Gasteiger partial charge in [0.1, 0.15) is 17.4 Å². The maximum Gasteiger partial charge on any atom is 0.412 e. The molecule has 1 aliphatic rings. The third kappa shape index (κ3) is 5.37. The average Bonchev–Trinajstić information content (AvgIpc) is 2.60. The monoisotopic (exact) mass is 392 g/mol. The first-order chi connectivity index (χ1) is 13.2. The average molecular weight is 392 g/mol. The Bertz CT molecular complexity index is 741. The van der Waals surface area contributed by atoms with Gasteiger partial charge in [0.15, 0.2) is 6.61 Å². The summed E-state index contributed by atoms with van der Waals surface area (Å²) in [4.78, 5) is 38.4. The van der Waals surface area contributed by atoms with Gasteiger partial charge in [0.05, 0.1) is 12.3 Å². The van der Waals surface area contributed by atoms with Crippen molar-refractivity contribution in [3.8, 4) is 5.75 Å². The zero-order chi connectivity index (χ0) is 20.9. The van der Waals surface area contributed by atoms with Gasteiger partial charge in [0, 0.05) is 5.69 Å². The van der Waals surface area contributed by atoms with Gasteiger partial charge in [-0.2, -0.15) is 0 Å². The van der Waals surface area contributed by atoms with E-state index in [-0.39, 0.29) is 12.5 Å². The molecule has 1 aromatic rings. The molecule has 0 fully saturated rings. The summed E-state index contributed by atoms with van der Waals surface area (Å²) in [6.07, 6.45) is 0.466. The summed E-state index contributed by atoms with van der Waals surface area (Å²) in [6, 6.07) is 4.11. The number of nitrogens with zero attached hydrogens (tertiary/aromatic N) is 1. The normalized spacial score (nSPS) is 14.6. The van der Waals surface area contributed by atoms with Crippen molar-refractivity contribution in [1.29, 1.82) is 0 Å². The minimum Gasteiger partial charge on any atom is -0.482 e. The number of fused-ring (bicyclic) bond motifs is 1. The van der Waals surface area contributed by atoms with Gasteiger partial charge in [-0.3, -0.25) is 15.0 Å². The molecule has 0 aromatic heterocycles. The number of carbonyl (C=O) groups is 3. The summed E-state index contributed by atoms with van der Waals surface area (Å²) in [5.41, 5.74) is 0.193. The van der Waals surface area contributed by atoms with E-state index < -0.39 is 23.7 Å². The number of ether oxygens (including phenoxy) is 3. The number of hydrogen-bond acceptors (Lipinski definition) is 6. The minimum atomic E-state index is -0.765. The molecule has 0 saturated carbocycles. The molecule has 0 bridgehead atoms. The summed E-state index contributed by atoms with van der Waals surface area (Å²) in [5, 5.41) is 2.63. The molecule has 1 atom stereocenters. The SMILES string of the molecule is CCCOC(=O)C(CC)N1C(=O)COc2ccc(NC(=O)OC(C)(C)C)cc21. The fourth-order valence-electron chi connectivity index (χ4n) is 2.77. The number of carbonyl (C=O) groups excluding carboxylic acids is 3. The van der Waals surface area contributed by atoms with E-state index >= 15 is 0 Å². The van der Waals surface area contributed by atoms with E-state index in [2.05, 4.69) is 5.32 Å². The van der Waals surface area contributed by atoms with Crippen molar-refractivity contribution in [3.63, 3.8) is 0 Å². The first kappa shape index (κ1) is 21.5. The zero-order valence-corrected chi connectivity index (χ0v) is 17.0. The van der Waals surface area contributed by atoms with Crippen LogP contribution in [0.3, 0.4) is 0 Å². The van der Waals surface area contributed by atoms with Gasteiger partial charge in [-0.25, -0.2) is 9.59 Å². The van der Waals surface area contributed by atoms with Gasteiger partial charge in [-0.15, -0.1) is 0 Å². The van der Waals surface area contributed by atoms with Crippen LogP contribution in [0.1, 0.15) is 47.5 Å². The lowest BCUT2D eigenvalue weighted by Gasteiger charge is -2.34. The second-order valence-electron chi connectivity index (χ2n) is 7.45. The summed E-state index contributed by atoms with van der Waals surface area (Å²) >= 11 is 0. The van der Waals surface area contributed by atoms with Crippen LogP contribution >= 0.6 is 0 Å². The molecular formula is C20H28N2O6. The van der Waals surface area contributed by atoms with Crippen LogP contribution in [0.5, 0.6) is 5.75 Å². The Kier molecular flexibility index (Phi) is 6.88. The molecule has 0 saturated heterocycles.